The van der Waals surface area contributed by atoms with E-state index in [0.29, 0.717) is 36.3 Å². The predicted octanol–water partition coefficient (Wildman–Crippen LogP) is 3.65. The number of hydrogen-bond acceptors (Lipinski definition) is 3. The molecule has 0 spiro atoms. The molecular formula is C25H21N3O2. The van der Waals surface area contributed by atoms with Crippen molar-refractivity contribution >= 4 is 5.91 Å². The maximum absolute atomic E-state index is 13.3. The Morgan fingerprint density at radius 1 is 0.967 bits per heavy atom. The number of benzene rings is 2. The number of carbonyl (C=O) groups is 1. The van der Waals surface area contributed by atoms with Crippen LogP contribution in [-0.2, 0) is 6.54 Å². The van der Waals surface area contributed by atoms with Crippen LogP contribution in [0.1, 0.15) is 34.0 Å². The van der Waals surface area contributed by atoms with Gasteiger partial charge in [-0.05, 0) is 54.3 Å². The number of nitriles is 1. The van der Waals surface area contributed by atoms with Crippen LogP contribution in [0.5, 0.6) is 0 Å². The molecule has 1 amide bonds. The minimum absolute atomic E-state index is 0.0138. The first-order valence-electron chi connectivity index (χ1n) is 10.2. The fourth-order valence-electron chi connectivity index (χ4n) is 4.85. The standard InChI is InChI=1S/C25H21N3O2/c26-13-17-5-4-8-20(11-17)22-9-10-23-21-12-18(15-28(23)25(22)30)14-27(16-21)24(29)19-6-2-1-3-7-19/h1-11,18,21H,12,14-16H2/t18-,21+/m0/s1. The third-order valence-electron chi connectivity index (χ3n) is 6.21. The summed E-state index contributed by atoms with van der Waals surface area (Å²) < 4.78 is 1.89. The van der Waals surface area contributed by atoms with Gasteiger partial charge >= 0.3 is 0 Å². The molecular weight excluding hydrogens is 374 g/mol. The van der Waals surface area contributed by atoms with E-state index < -0.39 is 0 Å². The second-order valence-corrected chi connectivity index (χ2v) is 8.16. The SMILES string of the molecule is N#Cc1cccc(-c2ccc3n(c2=O)C[C@H]2C[C@@H]3CN(C(=O)c3ccccc3)C2)c1. The summed E-state index contributed by atoms with van der Waals surface area (Å²) in [6, 6.07) is 22.6. The van der Waals surface area contributed by atoms with Crippen molar-refractivity contribution in [3.8, 4) is 17.2 Å². The summed E-state index contributed by atoms with van der Waals surface area (Å²) in [7, 11) is 0. The minimum atomic E-state index is -0.0138. The molecule has 5 heteroatoms. The lowest BCUT2D eigenvalue weighted by Gasteiger charge is -2.43. The van der Waals surface area contributed by atoms with Gasteiger partial charge in [0.1, 0.15) is 0 Å². The molecule has 2 atom stereocenters. The van der Waals surface area contributed by atoms with E-state index in [1.807, 2.05) is 58.0 Å². The highest BCUT2D eigenvalue weighted by Gasteiger charge is 2.36. The highest BCUT2D eigenvalue weighted by Crippen LogP contribution is 2.36. The van der Waals surface area contributed by atoms with Gasteiger partial charge in [-0.2, -0.15) is 5.26 Å². The molecule has 2 aromatic carbocycles. The highest BCUT2D eigenvalue weighted by atomic mass is 16.2. The van der Waals surface area contributed by atoms with Crippen molar-refractivity contribution in [2.75, 3.05) is 13.1 Å². The van der Waals surface area contributed by atoms with Gasteiger partial charge in [0, 0.05) is 42.4 Å². The Morgan fingerprint density at radius 3 is 2.60 bits per heavy atom. The number of carbonyl (C=O) groups excluding carboxylic acids is 1. The number of pyridine rings is 1. The Kier molecular flexibility index (Phi) is 4.48. The maximum Gasteiger partial charge on any atom is 0.258 e. The van der Waals surface area contributed by atoms with Gasteiger partial charge < -0.3 is 9.47 Å². The first kappa shape index (κ1) is 18.4. The molecule has 2 aliphatic heterocycles. The Morgan fingerprint density at radius 2 is 1.80 bits per heavy atom. The van der Waals surface area contributed by atoms with Gasteiger partial charge in [0.05, 0.1) is 11.6 Å². The van der Waals surface area contributed by atoms with E-state index >= 15 is 0 Å². The fraction of sp³-hybridized carbons (Fsp3) is 0.240. The third-order valence-corrected chi connectivity index (χ3v) is 6.21. The molecule has 1 saturated heterocycles. The first-order valence-corrected chi connectivity index (χ1v) is 10.2. The molecule has 1 fully saturated rings. The minimum Gasteiger partial charge on any atom is -0.338 e. The molecule has 5 nitrogen and oxygen atoms in total. The zero-order valence-electron chi connectivity index (χ0n) is 16.5. The van der Waals surface area contributed by atoms with Gasteiger partial charge in [-0.1, -0.05) is 30.3 Å². The normalized spacial score (nSPS) is 19.6. The van der Waals surface area contributed by atoms with Crippen molar-refractivity contribution in [3.63, 3.8) is 0 Å². The van der Waals surface area contributed by atoms with Crippen molar-refractivity contribution in [1.82, 2.24) is 9.47 Å². The average Bonchev–Trinajstić information content (AvgIpc) is 2.80. The van der Waals surface area contributed by atoms with Crippen LogP contribution in [0.2, 0.25) is 0 Å². The summed E-state index contributed by atoms with van der Waals surface area (Å²) in [5, 5.41) is 9.17. The number of aromatic nitrogens is 1. The van der Waals surface area contributed by atoms with Crippen LogP contribution < -0.4 is 5.56 Å². The van der Waals surface area contributed by atoms with Crippen LogP contribution in [0.15, 0.2) is 71.5 Å². The van der Waals surface area contributed by atoms with E-state index in [1.54, 1.807) is 18.2 Å². The third kappa shape index (κ3) is 3.11. The second kappa shape index (κ2) is 7.31. The van der Waals surface area contributed by atoms with Crippen LogP contribution in [0.25, 0.3) is 11.1 Å². The Hall–Kier alpha value is -3.65. The average molecular weight is 395 g/mol. The Balaban J connectivity index is 1.48. The Bertz CT molecular complexity index is 1220. The molecule has 0 aliphatic carbocycles. The number of fused-ring (bicyclic) bond motifs is 4. The highest BCUT2D eigenvalue weighted by molar-refractivity contribution is 5.94. The number of rotatable bonds is 2. The lowest BCUT2D eigenvalue weighted by molar-refractivity contribution is 0.0594. The number of likely N-dealkylation sites (tertiary alicyclic amines) is 1. The summed E-state index contributed by atoms with van der Waals surface area (Å²) in [5.41, 5.74) is 3.63. The van der Waals surface area contributed by atoms with Crippen molar-refractivity contribution in [1.29, 1.82) is 5.26 Å². The monoisotopic (exact) mass is 395 g/mol. The van der Waals surface area contributed by atoms with E-state index in [0.717, 1.165) is 17.7 Å². The van der Waals surface area contributed by atoms with Gasteiger partial charge in [0.25, 0.3) is 11.5 Å². The number of nitrogens with zero attached hydrogens (tertiary/aromatic N) is 3. The zero-order chi connectivity index (χ0) is 20.7. The summed E-state index contributed by atoms with van der Waals surface area (Å²) in [6.45, 7) is 1.92. The fourth-order valence-corrected chi connectivity index (χ4v) is 4.85. The molecule has 0 unspecified atom stereocenters. The van der Waals surface area contributed by atoms with E-state index in [2.05, 4.69) is 6.07 Å². The molecule has 5 rings (SSSR count). The summed E-state index contributed by atoms with van der Waals surface area (Å²) in [5.74, 6) is 0.491. The molecule has 0 N–H and O–H groups in total. The molecule has 0 radical (unpaired) electrons. The molecule has 2 bridgehead atoms. The smallest absolute Gasteiger partial charge is 0.258 e. The van der Waals surface area contributed by atoms with E-state index in [9.17, 15) is 9.59 Å². The van der Waals surface area contributed by atoms with Crippen LogP contribution in [0.3, 0.4) is 0 Å². The van der Waals surface area contributed by atoms with Gasteiger partial charge in [-0.3, -0.25) is 9.59 Å². The zero-order valence-corrected chi connectivity index (χ0v) is 16.5. The quantitative estimate of drug-likeness (QED) is 0.665. The predicted molar refractivity (Wildman–Crippen MR) is 114 cm³/mol. The summed E-state index contributed by atoms with van der Waals surface area (Å²) in [6.07, 6.45) is 1.00. The molecule has 2 aliphatic rings. The number of amides is 1. The summed E-state index contributed by atoms with van der Waals surface area (Å²) in [4.78, 5) is 28.2. The summed E-state index contributed by atoms with van der Waals surface area (Å²) >= 11 is 0. The molecule has 30 heavy (non-hydrogen) atoms. The molecule has 0 saturated carbocycles. The Labute approximate surface area is 174 Å². The lowest BCUT2D eigenvalue weighted by Crippen LogP contribution is -2.49. The van der Waals surface area contributed by atoms with Crippen molar-refractivity contribution in [2.45, 2.75) is 18.9 Å². The van der Waals surface area contributed by atoms with E-state index in [4.69, 9.17) is 5.26 Å². The lowest BCUT2D eigenvalue weighted by atomic mass is 9.82. The van der Waals surface area contributed by atoms with Crippen molar-refractivity contribution in [2.24, 2.45) is 5.92 Å². The van der Waals surface area contributed by atoms with Crippen molar-refractivity contribution in [3.05, 3.63) is 93.9 Å². The van der Waals surface area contributed by atoms with Crippen LogP contribution in [0.4, 0.5) is 0 Å². The van der Waals surface area contributed by atoms with Crippen molar-refractivity contribution < 1.29 is 4.79 Å². The maximum atomic E-state index is 13.3. The van der Waals surface area contributed by atoms with Gasteiger partial charge in [0.2, 0.25) is 0 Å². The number of piperidine rings is 1. The second-order valence-electron chi connectivity index (χ2n) is 8.16. The molecule has 1 aromatic heterocycles. The van der Waals surface area contributed by atoms with Crippen LogP contribution in [-0.4, -0.2) is 28.5 Å². The van der Waals surface area contributed by atoms with E-state index in [1.165, 1.54) is 0 Å². The van der Waals surface area contributed by atoms with Crippen LogP contribution in [0, 0.1) is 17.2 Å². The topological polar surface area (TPSA) is 66.1 Å². The van der Waals surface area contributed by atoms with Crippen LogP contribution >= 0.6 is 0 Å². The van der Waals surface area contributed by atoms with Gasteiger partial charge in [-0.25, -0.2) is 0 Å². The van der Waals surface area contributed by atoms with E-state index in [-0.39, 0.29) is 23.3 Å². The molecule has 3 aromatic rings. The van der Waals surface area contributed by atoms with Gasteiger partial charge in [-0.15, -0.1) is 0 Å². The number of hydrogen-bond donors (Lipinski definition) is 0. The molecule has 148 valence electrons. The largest absolute Gasteiger partial charge is 0.338 e. The first-order chi connectivity index (χ1) is 14.6. The van der Waals surface area contributed by atoms with Gasteiger partial charge in [0.15, 0.2) is 0 Å². The molecule has 3 heterocycles.